The molecule has 0 aliphatic rings. The van der Waals surface area contributed by atoms with Gasteiger partial charge < -0.3 is 0 Å². The molecule has 0 nitrogen and oxygen atoms in total. The zero-order chi connectivity index (χ0) is 12.0. The summed E-state index contributed by atoms with van der Waals surface area (Å²) in [4.78, 5) is 0.0723. The van der Waals surface area contributed by atoms with E-state index in [2.05, 4.69) is 22.9 Å². The molecule has 1 rings (SSSR count). The average Bonchev–Trinajstić information content (AvgIpc) is 2.28. The van der Waals surface area contributed by atoms with Crippen molar-refractivity contribution in [1.29, 1.82) is 0 Å². The van der Waals surface area contributed by atoms with Crippen LogP contribution in [0.25, 0.3) is 0 Å². The van der Waals surface area contributed by atoms with Gasteiger partial charge in [-0.05, 0) is 12.5 Å². The van der Waals surface area contributed by atoms with Crippen molar-refractivity contribution in [3.05, 3.63) is 34.6 Å². The maximum atomic E-state index is 13.7. The Balaban J connectivity index is 2.52. The summed E-state index contributed by atoms with van der Waals surface area (Å²) in [6.45, 7) is 2.18. The molecule has 1 unspecified atom stereocenters. The molecule has 3 heteroatoms. The van der Waals surface area contributed by atoms with Crippen LogP contribution in [0.5, 0.6) is 0 Å². The van der Waals surface area contributed by atoms with Crippen molar-refractivity contribution in [3.63, 3.8) is 0 Å². The highest BCUT2D eigenvalue weighted by molar-refractivity contribution is 9.09. The SMILES string of the molecule is CCCCCCC(Br)c1cccc(Cl)c1F. The molecule has 0 aliphatic heterocycles. The topological polar surface area (TPSA) is 0 Å². The van der Waals surface area contributed by atoms with Gasteiger partial charge in [-0.25, -0.2) is 4.39 Å². The van der Waals surface area contributed by atoms with Gasteiger partial charge in [0.1, 0.15) is 5.82 Å². The Bertz CT molecular complexity index is 328. The number of halogens is 3. The van der Waals surface area contributed by atoms with E-state index in [0.717, 1.165) is 12.8 Å². The predicted octanol–water partition coefficient (Wildman–Crippen LogP) is 5.89. The highest BCUT2D eigenvalue weighted by Gasteiger charge is 2.14. The summed E-state index contributed by atoms with van der Waals surface area (Å²) >= 11 is 9.27. The molecule has 0 spiro atoms. The molecule has 0 heterocycles. The lowest BCUT2D eigenvalue weighted by atomic mass is 10.1. The van der Waals surface area contributed by atoms with Gasteiger partial charge in [-0.2, -0.15) is 0 Å². The van der Waals surface area contributed by atoms with Crippen LogP contribution in [0.1, 0.15) is 49.4 Å². The number of alkyl halides is 1. The lowest BCUT2D eigenvalue weighted by Gasteiger charge is -2.11. The van der Waals surface area contributed by atoms with Crippen LogP contribution in [0.3, 0.4) is 0 Å². The minimum atomic E-state index is -0.290. The fourth-order valence-electron chi connectivity index (χ4n) is 1.67. The standard InChI is InChI=1S/C13H17BrClF/c1-2-3-4-5-8-11(14)10-7-6-9-12(15)13(10)16/h6-7,9,11H,2-5,8H2,1H3. The summed E-state index contributed by atoms with van der Waals surface area (Å²) in [5.41, 5.74) is 0.670. The van der Waals surface area contributed by atoms with E-state index < -0.39 is 0 Å². The summed E-state index contributed by atoms with van der Waals surface area (Å²) in [5.74, 6) is -0.290. The first-order chi connectivity index (χ1) is 7.66. The molecule has 16 heavy (non-hydrogen) atoms. The lowest BCUT2D eigenvalue weighted by molar-refractivity contribution is 0.586. The Morgan fingerprint density at radius 2 is 2.06 bits per heavy atom. The van der Waals surface area contributed by atoms with Crippen molar-refractivity contribution in [2.75, 3.05) is 0 Å². The van der Waals surface area contributed by atoms with E-state index in [9.17, 15) is 4.39 Å². The van der Waals surface area contributed by atoms with Crippen molar-refractivity contribution in [1.82, 2.24) is 0 Å². The van der Waals surface area contributed by atoms with E-state index in [1.807, 2.05) is 0 Å². The first-order valence-electron chi connectivity index (χ1n) is 5.74. The Morgan fingerprint density at radius 1 is 1.31 bits per heavy atom. The van der Waals surface area contributed by atoms with Crippen LogP contribution in [0.2, 0.25) is 5.02 Å². The molecule has 0 radical (unpaired) electrons. The fraction of sp³-hybridized carbons (Fsp3) is 0.538. The monoisotopic (exact) mass is 306 g/mol. The summed E-state index contributed by atoms with van der Waals surface area (Å²) in [7, 11) is 0. The van der Waals surface area contributed by atoms with E-state index in [1.165, 1.54) is 19.3 Å². The molecular formula is C13H17BrClF. The van der Waals surface area contributed by atoms with Crippen LogP contribution in [0.4, 0.5) is 4.39 Å². The summed E-state index contributed by atoms with van der Waals surface area (Å²) in [6.07, 6.45) is 5.75. The Kier molecular flexibility index (Phi) is 6.37. The molecular weight excluding hydrogens is 290 g/mol. The van der Waals surface area contributed by atoms with Crippen molar-refractivity contribution < 1.29 is 4.39 Å². The van der Waals surface area contributed by atoms with Crippen LogP contribution in [0.15, 0.2) is 18.2 Å². The third-order valence-electron chi connectivity index (χ3n) is 2.63. The first kappa shape index (κ1) is 14.0. The molecule has 0 bridgehead atoms. The van der Waals surface area contributed by atoms with Crippen LogP contribution in [-0.4, -0.2) is 0 Å². The minimum absolute atomic E-state index is 0.0723. The van der Waals surface area contributed by atoms with Crippen LogP contribution < -0.4 is 0 Å². The van der Waals surface area contributed by atoms with E-state index >= 15 is 0 Å². The van der Waals surface area contributed by atoms with E-state index in [4.69, 9.17) is 11.6 Å². The van der Waals surface area contributed by atoms with Crippen LogP contribution >= 0.6 is 27.5 Å². The second-order valence-corrected chi connectivity index (χ2v) is 5.47. The van der Waals surface area contributed by atoms with Gasteiger partial charge in [0, 0.05) is 10.4 Å². The van der Waals surface area contributed by atoms with E-state index in [0.29, 0.717) is 5.56 Å². The zero-order valence-electron chi connectivity index (χ0n) is 9.48. The minimum Gasteiger partial charge on any atom is -0.205 e. The maximum Gasteiger partial charge on any atom is 0.146 e. The molecule has 1 aromatic carbocycles. The predicted molar refractivity (Wildman–Crippen MR) is 71.8 cm³/mol. The second kappa shape index (κ2) is 7.29. The molecule has 0 aliphatic carbocycles. The number of rotatable bonds is 6. The van der Waals surface area contributed by atoms with Crippen LogP contribution in [-0.2, 0) is 0 Å². The Hall–Kier alpha value is -0.0800. The fourth-order valence-corrected chi connectivity index (χ4v) is 2.53. The van der Waals surface area contributed by atoms with Gasteiger partial charge in [-0.1, -0.05) is 72.3 Å². The molecule has 0 amide bonds. The van der Waals surface area contributed by atoms with Crippen molar-refractivity contribution in [2.45, 2.75) is 43.9 Å². The van der Waals surface area contributed by atoms with Crippen LogP contribution in [0, 0.1) is 5.82 Å². The van der Waals surface area contributed by atoms with Gasteiger partial charge in [0.05, 0.1) is 5.02 Å². The number of hydrogen-bond donors (Lipinski definition) is 0. The highest BCUT2D eigenvalue weighted by Crippen LogP contribution is 2.32. The van der Waals surface area contributed by atoms with Gasteiger partial charge in [-0.3, -0.25) is 0 Å². The van der Waals surface area contributed by atoms with Crippen molar-refractivity contribution in [2.24, 2.45) is 0 Å². The van der Waals surface area contributed by atoms with Gasteiger partial charge in [0.25, 0.3) is 0 Å². The molecule has 1 atom stereocenters. The quantitative estimate of drug-likeness (QED) is 0.454. The largest absolute Gasteiger partial charge is 0.205 e. The first-order valence-corrected chi connectivity index (χ1v) is 7.04. The lowest BCUT2D eigenvalue weighted by Crippen LogP contribution is -1.95. The van der Waals surface area contributed by atoms with Gasteiger partial charge in [0.15, 0.2) is 0 Å². The molecule has 0 aromatic heterocycles. The smallest absolute Gasteiger partial charge is 0.146 e. The molecule has 0 N–H and O–H groups in total. The third kappa shape index (κ3) is 4.06. The van der Waals surface area contributed by atoms with Crippen molar-refractivity contribution >= 4 is 27.5 Å². The number of benzene rings is 1. The molecule has 0 fully saturated rings. The Labute approximate surface area is 110 Å². The number of unbranched alkanes of at least 4 members (excludes halogenated alkanes) is 3. The summed E-state index contributed by atoms with van der Waals surface area (Å²) in [6, 6.07) is 5.17. The highest BCUT2D eigenvalue weighted by atomic mass is 79.9. The van der Waals surface area contributed by atoms with Gasteiger partial charge in [-0.15, -0.1) is 0 Å². The zero-order valence-corrected chi connectivity index (χ0v) is 11.8. The van der Waals surface area contributed by atoms with Crippen molar-refractivity contribution in [3.8, 4) is 0 Å². The summed E-state index contributed by atoms with van der Waals surface area (Å²) in [5, 5.41) is 0.204. The normalized spacial score (nSPS) is 12.8. The molecule has 0 saturated heterocycles. The van der Waals surface area contributed by atoms with Gasteiger partial charge >= 0.3 is 0 Å². The van der Waals surface area contributed by atoms with Gasteiger partial charge in [0.2, 0.25) is 0 Å². The number of hydrogen-bond acceptors (Lipinski definition) is 0. The summed E-state index contributed by atoms with van der Waals surface area (Å²) < 4.78 is 13.7. The Morgan fingerprint density at radius 3 is 2.75 bits per heavy atom. The van der Waals surface area contributed by atoms with E-state index in [-0.39, 0.29) is 15.7 Å². The maximum absolute atomic E-state index is 13.7. The molecule has 1 aromatic rings. The second-order valence-electron chi connectivity index (χ2n) is 3.96. The average molecular weight is 308 g/mol. The molecule has 90 valence electrons. The molecule has 0 saturated carbocycles. The van der Waals surface area contributed by atoms with E-state index in [1.54, 1.807) is 18.2 Å². The third-order valence-corrected chi connectivity index (χ3v) is 3.87.